The Morgan fingerprint density at radius 2 is 2.00 bits per heavy atom. The van der Waals surface area contributed by atoms with Gasteiger partial charge < -0.3 is 10.3 Å². The molecule has 0 bridgehead atoms. The molecule has 4 aromatic rings. The Kier molecular flexibility index (Phi) is 3.41. The molecule has 0 aliphatic heterocycles. The Morgan fingerprint density at radius 3 is 2.72 bits per heavy atom. The van der Waals surface area contributed by atoms with Crippen molar-refractivity contribution in [3.63, 3.8) is 0 Å². The quantitative estimate of drug-likeness (QED) is 0.619. The molecular weight excluding hydrogens is 328 g/mol. The maximum absolute atomic E-state index is 14.3. The number of pyridine rings is 1. The first-order valence-corrected chi connectivity index (χ1v) is 7.56. The predicted molar refractivity (Wildman–Crippen MR) is 87.9 cm³/mol. The lowest BCUT2D eigenvalue weighted by Crippen LogP contribution is -2.10. The summed E-state index contributed by atoms with van der Waals surface area (Å²) < 4.78 is 31.2. The van der Waals surface area contributed by atoms with E-state index >= 15 is 0 Å². The van der Waals surface area contributed by atoms with E-state index in [0.29, 0.717) is 29.1 Å². The summed E-state index contributed by atoms with van der Waals surface area (Å²) in [5, 5.41) is 4.07. The monoisotopic (exact) mass is 341 g/mol. The van der Waals surface area contributed by atoms with Crippen molar-refractivity contribution in [2.75, 3.05) is 5.73 Å². The Bertz CT molecular complexity index is 1080. The summed E-state index contributed by atoms with van der Waals surface area (Å²) in [5.74, 6) is -1.24. The van der Waals surface area contributed by atoms with Gasteiger partial charge in [0.15, 0.2) is 11.6 Å². The molecule has 0 aliphatic rings. The molecule has 25 heavy (non-hydrogen) atoms. The number of nitrogen functional groups attached to an aromatic ring is 1. The van der Waals surface area contributed by atoms with E-state index in [4.69, 9.17) is 5.73 Å². The van der Waals surface area contributed by atoms with Crippen LogP contribution in [-0.2, 0) is 6.54 Å². The minimum atomic E-state index is -0.928. The standard InChI is InChI=1S/C16H13F2N7/c1-2-24-14-10(9-4-3-5-11(17)13(9)18)6-20-7-12(14)23-16(24)25-15(19)21-8-22-25/h3-8H,2H2,1H3,(H2,19,21,22). The Labute approximate surface area is 140 Å². The molecule has 1 aromatic carbocycles. The molecule has 0 unspecified atom stereocenters. The van der Waals surface area contributed by atoms with Crippen molar-refractivity contribution < 1.29 is 8.78 Å². The average molecular weight is 341 g/mol. The van der Waals surface area contributed by atoms with Crippen LogP contribution in [0.5, 0.6) is 0 Å². The number of halogens is 2. The van der Waals surface area contributed by atoms with Crippen LogP contribution in [0.2, 0.25) is 0 Å². The van der Waals surface area contributed by atoms with Crippen LogP contribution in [0.3, 0.4) is 0 Å². The van der Waals surface area contributed by atoms with E-state index in [0.717, 1.165) is 6.07 Å². The average Bonchev–Trinajstić information content (AvgIpc) is 3.19. The lowest BCUT2D eigenvalue weighted by atomic mass is 10.1. The van der Waals surface area contributed by atoms with Gasteiger partial charge in [-0.05, 0) is 13.0 Å². The summed E-state index contributed by atoms with van der Waals surface area (Å²) >= 11 is 0. The minimum Gasteiger partial charge on any atom is -0.368 e. The molecule has 3 aromatic heterocycles. The number of benzene rings is 1. The van der Waals surface area contributed by atoms with Crippen LogP contribution in [0.1, 0.15) is 6.92 Å². The molecule has 0 saturated heterocycles. The van der Waals surface area contributed by atoms with Crippen LogP contribution in [0.4, 0.5) is 14.7 Å². The number of hydrogen-bond donors (Lipinski definition) is 1. The third kappa shape index (κ3) is 2.24. The first-order valence-electron chi connectivity index (χ1n) is 7.56. The molecular formula is C16H13F2N7. The lowest BCUT2D eigenvalue weighted by molar-refractivity contribution is 0.511. The van der Waals surface area contributed by atoms with E-state index in [2.05, 4.69) is 20.1 Å². The van der Waals surface area contributed by atoms with Gasteiger partial charge in [-0.25, -0.2) is 13.8 Å². The van der Waals surface area contributed by atoms with Crippen molar-refractivity contribution in [3.05, 3.63) is 48.6 Å². The van der Waals surface area contributed by atoms with E-state index in [1.165, 1.54) is 29.3 Å². The number of hydrogen-bond acceptors (Lipinski definition) is 5. The van der Waals surface area contributed by atoms with E-state index in [1.807, 2.05) is 11.5 Å². The van der Waals surface area contributed by atoms with Crippen molar-refractivity contribution in [2.45, 2.75) is 13.5 Å². The van der Waals surface area contributed by atoms with Gasteiger partial charge in [-0.2, -0.15) is 14.8 Å². The van der Waals surface area contributed by atoms with Crippen LogP contribution in [0.15, 0.2) is 36.9 Å². The van der Waals surface area contributed by atoms with Gasteiger partial charge in [0.1, 0.15) is 11.8 Å². The van der Waals surface area contributed by atoms with Gasteiger partial charge in [0, 0.05) is 23.9 Å². The second kappa shape index (κ2) is 5.62. The number of aromatic nitrogens is 6. The van der Waals surface area contributed by atoms with E-state index < -0.39 is 11.6 Å². The first kappa shape index (κ1) is 15.2. The van der Waals surface area contributed by atoms with E-state index in [9.17, 15) is 8.78 Å². The van der Waals surface area contributed by atoms with Crippen molar-refractivity contribution in [2.24, 2.45) is 0 Å². The minimum absolute atomic E-state index is 0.116. The number of imidazole rings is 1. The van der Waals surface area contributed by atoms with Crippen molar-refractivity contribution in [3.8, 4) is 17.1 Å². The van der Waals surface area contributed by atoms with Gasteiger partial charge in [-0.3, -0.25) is 4.98 Å². The zero-order valence-electron chi connectivity index (χ0n) is 13.2. The fourth-order valence-corrected chi connectivity index (χ4v) is 2.85. The third-order valence-corrected chi connectivity index (χ3v) is 3.95. The lowest BCUT2D eigenvalue weighted by Gasteiger charge is -2.10. The van der Waals surface area contributed by atoms with Gasteiger partial charge in [-0.15, -0.1) is 0 Å². The molecule has 0 amide bonds. The topological polar surface area (TPSA) is 87.4 Å². The SMILES string of the molecule is CCn1c(-n2ncnc2N)nc2cncc(-c3cccc(F)c3F)c21. The highest BCUT2D eigenvalue weighted by Crippen LogP contribution is 2.32. The maximum atomic E-state index is 14.3. The molecule has 0 aliphatic carbocycles. The number of nitrogens with two attached hydrogens (primary N) is 1. The van der Waals surface area contributed by atoms with Crippen molar-refractivity contribution >= 4 is 17.0 Å². The number of rotatable bonds is 3. The smallest absolute Gasteiger partial charge is 0.235 e. The number of nitrogens with zero attached hydrogens (tertiary/aromatic N) is 6. The first-order chi connectivity index (χ1) is 12.1. The molecule has 3 heterocycles. The van der Waals surface area contributed by atoms with Crippen LogP contribution >= 0.6 is 0 Å². The molecule has 4 rings (SSSR count). The Morgan fingerprint density at radius 1 is 1.16 bits per heavy atom. The highest BCUT2D eigenvalue weighted by Gasteiger charge is 2.20. The number of aryl methyl sites for hydroxylation is 1. The molecule has 0 fully saturated rings. The second-order valence-corrected chi connectivity index (χ2v) is 5.34. The predicted octanol–water partition coefficient (Wildman–Crippen LogP) is 2.56. The molecule has 7 nitrogen and oxygen atoms in total. The van der Waals surface area contributed by atoms with E-state index in [-0.39, 0.29) is 11.5 Å². The summed E-state index contributed by atoms with van der Waals surface area (Å²) in [6.07, 6.45) is 4.36. The van der Waals surface area contributed by atoms with Crippen molar-refractivity contribution in [1.82, 2.24) is 29.3 Å². The Hall–Kier alpha value is -3.36. The van der Waals surface area contributed by atoms with Crippen LogP contribution in [0.25, 0.3) is 28.1 Å². The largest absolute Gasteiger partial charge is 0.368 e. The molecule has 0 saturated carbocycles. The summed E-state index contributed by atoms with van der Waals surface area (Å²) in [6.45, 7) is 2.42. The molecule has 0 atom stereocenters. The molecule has 0 spiro atoms. The third-order valence-electron chi connectivity index (χ3n) is 3.95. The van der Waals surface area contributed by atoms with Gasteiger partial charge in [-0.1, -0.05) is 12.1 Å². The molecule has 9 heteroatoms. The van der Waals surface area contributed by atoms with Crippen LogP contribution < -0.4 is 5.73 Å². The van der Waals surface area contributed by atoms with Gasteiger partial charge >= 0.3 is 0 Å². The summed E-state index contributed by atoms with van der Waals surface area (Å²) in [7, 11) is 0. The summed E-state index contributed by atoms with van der Waals surface area (Å²) in [5.41, 5.74) is 7.52. The normalized spacial score (nSPS) is 11.3. The zero-order valence-corrected chi connectivity index (χ0v) is 13.2. The molecule has 2 N–H and O–H groups in total. The highest BCUT2D eigenvalue weighted by molar-refractivity contribution is 5.92. The fourth-order valence-electron chi connectivity index (χ4n) is 2.85. The number of fused-ring (bicyclic) bond motifs is 1. The molecule has 126 valence electrons. The maximum Gasteiger partial charge on any atom is 0.235 e. The second-order valence-electron chi connectivity index (χ2n) is 5.34. The number of anilines is 1. The molecule has 0 radical (unpaired) electrons. The van der Waals surface area contributed by atoms with Gasteiger partial charge in [0.2, 0.25) is 11.9 Å². The van der Waals surface area contributed by atoms with Crippen LogP contribution in [0, 0.1) is 11.6 Å². The Balaban J connectivity index is 2.06. The van der Waals surface area contributed by atoms with Crippen molar-refractivity contribution in [1.29, 1.82) is 0 Å². The zero-order chi connectivity index (χ0) is 17.6. The summed E-state index contributed by atoms with van der Waals surface area (Å²) in [4.78, 5) is 12.5. The highest BCUT2D eigenvalue weighted by atomic mass is 19.2. The van der Waals surface area contributed by atoms with E-state index in [1.54, 1.807) is 6.20 Å². The van der Waals surface area contributed by atoms with Gasteiger partial charge in [0.25, 0.3) is 0 Å². The van der Waals surface area contributed by atoms with Gasteiger partial charge in [0.05, 0.1) is 11.7 Å². The summed E-state index contributed by atoms with van der Waals surface area (Å²) in [6, 6.07) is 4.03. The fraction of sp³-hybridized carbons (Fsp3) is 0.125. The van der Waals surface area contributed by atoms with Crippen LogP contribution in [-0.4, -0.2) is 29.3 Å².